The maximum absolute atomic E-state index is 13.9. The Morgan fingerprint density at radius 2 is 2.05 bits per heavy atom. The first-order valence-electron chi connectivity index (χ1n) is 6.45. The van der Waals surface area contributed by atoms with Crippen molar-refractivity contribution in [3.05, 3.63) is 46.7 Å². The first kappa shape index (κ1) is 14.9. The fourth-order valence-corrected chi connectivity index (χ4v) is 2.28. The highest BCUT2D eigenvalue weighted by molar-refractivity contribution is 5.94. The second-order valence-electron chi connectivity index (χ2n) is 4.96. The maximum atomic E-state index is 13.9. The number of carbonyl (C=O) groups is 1. The number of aromatic carboxylic acids is 1. The molecule has 1 atom stereocenters. The Kier molecular flexibility index (Phi) is 3.88. The van der Waals surface area contributed by atoms with Crippen molar-refractivity contribution in [2.45, 2.75) is 26.8 Å². The van der Waals surface area contributed by atoms with Gasteiger partial charge in [-0.1, -0.05) is 0 Å². The van der Waals surface area contributed by atoms with Crippen LogP contribution in [-0.2, 0) is 0 Å². The molecule has 0 spiro atoms. The average Bonchev–Trinajstić information content (AvgIpc) is 2.71. The van der Waals surface area contributed by atoms with Crippen molar-refractivity contribution in [3.63, 3.8) is 0 Å². The molecule has 0 amide bonds. The Labute approximate surface area is 121 Å². The number of aryl methyl sites for hydroxylation is 2. The minimum absolute atomic E-state index is 0.0901. The molecular weight excluding hydrogens is 275 g/mol. The molecule has 2 aromatic rings. The first-order chi connectivity index (χ1) is 9.79. The zero-order valence-corrected chi connectivity index (χ0v) is 12.0. The van der Waals surface area contributed by atoms with Crippen molar-refractivity contribution < 1.29 is 18.7 Å². The lowest BCUT2D eigenvalue weighted by atomic mass is 10.1. The van der Waals surface area contributed by atoms with E-state index in [1.54, 1.807) is 0 Å². The highest BCUT2D eigenvalue weighted by Crippen LogP contribution is 2.28. The largest absolute Gasteiger partial charge is 0.478 e. The van der Waals surface area contributed by atoms with Gasteiger partial charge in [0.05, 0.1) is 17.3 Å². The van der Waals surface area contributed by atoms with Crippen LogP contribution >= 0.6 is 0 Å². The van der Waals surface area contributed by atoms with E-state index in [1.165, 1.54) is 6.07 Å². The Balaban J connectivity index is 2.33. The van der Waals surface area contributed by atoms with E-state index in [0.29, 0.717) is 0 Å². The van der Waals surface area contributed by atoms with Crippen LogP contribution in [0.25, 0.3) is 0 Å². The quantitative estimate of drug-likeness (QED) is 0.751. The Hall–Kier alpha value is -2.50. The number of hydrogen-bond donors (Lipinski definition) is 3. The number of nitrogens with one attached hydrogen (secondary N) is 1. The predicted molar refractivity (Wildman–Crippen MR) is 78.0 cm³/mol. The van der Waals surface area contributed by atoms with Gasteiger partial charge in [-0.05, 0) is 39.0 Å². The van der Waals surface area contributed by atoms with Gasteiger partial charge < -0.3 is 20.6 Å². The monoisotopic (exact) mass is 292 g/mol. The molecule has 0 aliphatic rings. The SMILES string of the molecule is Cc1cc(C(C)Nc2cc(C(=O)O)c(N)cc2F)c(C)o1. The van der Waals surface area contributed by atoms with Crippen molar-refractivity contribution >= 4 is 17.3 Å². The second-order valence-corrected chi connectivity index (χ2v) is 4.96. The fourth-order valence-electron chi connectivity index (χ4n) is 2.28. The predicted octanol–water partition coefficient (Wildman–Crippen LogP) is 3.49. The van der Waals surface area contributed by atoms with Crippen LogP contribution in [0.15, 0.2) is 22.6 Å². The minimum Gasteiger partial charge on any atom is -0.478 e. The second kappa shape index (κ2) is 5.47. The smallest absolute Gasteiger partial charge is 0.337 e. The third kappa shape index (κ3) is 2.99. The van der Waals surface area contributed by atoms with Crippen LogP contribution in [0.5, 0.6) is 0 Å². The average molecular weight is 292 g/mol. The Morgan fingerprint density at radius 3 is 2.57 bits per heavy atom. The van der Waals surface area contributed by atoms with Crippen LogP contribution in [0.4, 0.5) is 15.8 Å². The summed E-state index contributed by atoms with van der Waals surface area (Å²) < 4.78 is 19.4. The molecule has 6 heteroatoms. The number of carboxylic acids is 1. The summed E-state index contributed by atoms with van der Waals surface area (Å²) in [5.74, 6) is -0.289. The summed E-state index contributed by atoms with van der Waals surface area (Å²) in [5.41, 5.74) is 6.24. The van der Waals surface area contributed by atoms with Gasteiger partial charge in [-0.25, -0.2) is 9.18 Å². The van der Waals surface area contributed by atoms with Crippen LogP contribution < -0.4 is 11.1 Å². The maximum Gasteiger partial charge on any atom is 0.337 e. The molecule has 1 heterocycles. The van der Waals surface area contributed by atoms with Crippen molar-refractivity contribution in [2.24, 2.45) is 0 Å². The molecule has 2 rings (SSSR count). The highest BCUT2D eigenvalue weighted by atomic mass is 19.1. The molecule has 0 aliphatic carbocycles. The van der Waals surface area contributed by atoms with Gasteiger partial charge in [-0.2, -0.15) is 0 Å². The fraction of sp³-hybridized carbons (Fsp3) is 0.267. The number of anilines is 2. The van der Waals surface area contributed by atoms with E-state index in [0.717, 1.165) is 23.2 Å². The number of hydrogen-bond acceptors (Lipinski definition) is 4. The third-order valence-electron chi connectivity index (χ3n) is 3.29. The van der Waals surface area contributed by atoms with Crippen LogP contribution in [0.2, 0.25) is 0 Å². The van der Waals surface area contributed by atoms with E-state index >= 15 is 0 Å². The number of carboxylic acid groups (broad SMARTS) is 1. The molecule has 0 radical (unpaired) electrons. The van der Waals surface area contributed by atoms with Crippen LogP contribution in [0, 0.1) is 19.7 Å². The van der Waals surface area contributed by atoms with Gasteiger partial charge in [0.1, 0.15) is 17.3 Å². The molecule has 0 aliphatic heterocycles. The summed E-state index contributed by atoms with van der Waals surface area (Å²) in [6, 6.07) is 3.83. The van der Waals surface area contributed by atoms with Crippen LogP contribution in [0.1, 0.15) is 40.4 Å². The molecule has 21 heavy (non-hydrogen) atoms. The van der Waals surface area contributed by atoms with Gasteiger partial charge in [0.25, 0.3) is 0 Å². The number of halogens is 1. The first-order valence-corrected chi connectivity index (χ1v) is 6.45. The molecule has 112 valence electrons. The van der Waals surface area contributed by atoms with Crippen molar-refractivity contribution in [1.29, 1.82) is 0 Å². The van der Waals surface area contributed by atoms with Gasteiger partial charge in [0.15, 0.2) is 0 Å². The molecule has 0 saturated carbocycles. The van der Waals surface area contributed by atoms with Gasteiger partial charge in [0.2, 0.25) is 0 Å². The molecule has 1 aromatic heterocycles. The molecule has 0 bridgehead atoms. The number of nitrogen functional groups attached to an aromatic ring is 1. The van der Waals surface area contributed by atoms with E-state index in [-0.39, 0.29) is 23.0 Å². The van der Waals surface area contributed by atoms with Gasteiger partial charge in [-0.3, -0.25) is 0 Å². The van der Waals surface area contributed by atoms with E-state index in [2.05, 4.69) is 5.32 Å². The Morgan fingerprint density at radius 1 is 1.38 bits per heavy atom. The third-order valence-corrected chi connectivity index (χ3v) is 3.29. The minimum atomic E-state index is -1.20. The van der Waals surface area contributed by atoms with E-state index in [9.17, 15) is 9.18 Å². The standard InChI is InChI=1S/C15H17FN2O3/c1-7-4-10(9(3)21-7)8(2)18-14-5-11(15(19)20)13(17)6-12(14)16/h4-6,8,18H,17H2,1-3H3,(H,19,20). The molecule has 1 unspecified atom stereocenters. The summed E-state index contributed by atoms with van der Waals surface area (Å²) in [5, 5.41) is 12.0. The lowest BCUT2D eigenvalue weighted by molar-refractivity contribution is 0.0698. The normalized spacial score (nSPS) is 12.2. The molecule has 4 N–H and O–H groups in total. The molecule has 0 saturated heterocycles. The number of furan rings is 1. The van der Waals surface area contributed by atoms with Gasteiger partial charge in [-0.15, -0.1) is 0 Å². The van der Waals surface area contributed by atoms with Gasteiger partial charge in [0, 0.05) is 11.3 Å². The van der Waals surface area contributed by atoms with E-state index < -0.39 is 11.8 Å². The van der Waals surface area contributed by atoms with E-state index in [4.69, 9.17) is 15.3 Å². The molecule has 5 nitrogen and oxygen atoms in total. The summed E-state index contributed by atoms with van der Waals surface area (Å²) in [6.07, 6.45) is 0. The summed E-state index contributed by atoms with van der Waals surface area (Å²) in [7, 11) is 0. The van der Waals surface area contributed by atoms with Crippen LogP contribution in [0.3, 0.4) is 0 Å². The molecule has 1 aromatic carbocycles. The Bertz CT molecular complexity index is 694. The highest BCUT2D eigenvalue weighted by Gasteiger charge is 2.17. The number of nitrogens with two attached hydrogens (primary N) is 1. The zero-order chi connectivity index (χ0) is 15.7. The van der Waals surface area contributed by atoms with Gasteiger partial charge >= 0.3 is 5.97 Å². The van der Waals surface area contributed by atoms with Crippen LogP contribution in [-0.4, -0.2) is 11.1 Å². The van der Waals surface area contributed by atoms with Crippen molar-refractivity contribution in [2.75, 3.05) is 11.1 Å². The summed E-state index contributed by atoms with van der Waals surface area (Å²) in [4.78, 5) is 11.1. The van der Waals surface area contributed by atoms with E-state index in [1.807, 2.05) is 26.8 Å². The summed E-state index contributed by atoms with van der Waals surface area (Å²) >= 11 is 0. The molecular formula is C15H17FN2O3. The summed E-state index contributed by atoms with van der Waals surface area (Å²) in [6.45, 7) is 5.49. The van der Waals surface area contributed by atoms with Crippen molar-refractivity contribution in [3.8, 4) is 0 Å². The number of rotatable bonds is 4. The lowest BCUT2D eigenvalue weighted by Gasteiger charge is -2.16. The topological polar surface area (TPSA) is 88.5 Å². The number of benzene rings is 1. The molecule has 0 fully saturated rings. The van der Waals surface area contributed by atoms with Crippen molar-refractivity contribution in [1.82, 2.24) is 0 Å². The lowest BCUT2D eigenvalue weighted by Crippen LogP contribution is -2.11. The zero-order valence-electron chi connectivity index (χ0n) is 12.0.